The largest absolute Gasteiger partial charge is 0.394 e. The highest BCUT2D eigenvalue weighted by molar-refractivity contribution is 4.87. The van der Waals surface area contributed by atoms with Crippen molar-refractivity contribution < 1.29 is 24.8 Å². The standard InChI is InChI=1S/C17H32O5/c1-2-3-4-5-6-7-8-9-10-11-21-15-13-22-14(12-18)16(19)17(15)20/h7-8,14-20H,2-6,9-13H2,1H3/b8-7+/t14-,15+,16-,17-/m0/s1. The Bertz CT molecular complexity index is 295. The topological polar surface area (TPSA) is 79.2 Å². The van der Waals surface area contributed by atoms with Gasteiger partial charge in [0.05, 0.1) is 13.2 Å². The summed E-state index contributed by atoms with van der Waals surface area (Å²) in [5.41, 5.74) is 0. The van der Waals surface area contributed by atoms with Crippen LogP contribution >= 0.6 is 0 Å². The third kappa shape index (κ3) is 7.20. The van der Waals surface area contributed by atoms with E-state index >= 15 is 0 Å². The van der Waals surface area contributed by atoms with Gasteiger partial charge in [0.1, 0.15) is 24.4 Å². The lowest BCUT2D eigenvalue weighted by molar-refractivity contribution is -0.208. The summed E-state index contributed by atoms with van der Waals surface area (Å²) in [4.78, 5) is 0. The van der Waals surface area contributed by atoms with Crippen molar-refractivity contribution in [2.75, 3.05) is 19.8 Å². The number of ether oxygens (including phenoxy) is 2. The molecule has 0 saturated carbocycles. The fourth-order valence-corrected chi connectivity index (χ4v) is 2.52. The molecule has 1 fully saturated rings. The Morgan fingerprint density at radius 2 is 1.77 bits per heavy atom. The summed E-state index contributed by atoms with van der Waals surface area (Å²) in [6.07, 6.45) is 9.22. The second-order valence-corrected chi connectivity index (χ2v) is 5.91. The van der Waals surface area contributed by atoms with E-state index in [0.29, 0.717) is 6.61 Å². The fourth-order valence-electron chi connectivity index (χ4n) is 2.52. The molecular formula is C17H32O5. The second-order valence-electron chi connectivity index (χ2n) is 5.91. The monoisotopic (exact) mass is 316 g/mol. The minimum Gasteiger partial charge on any atom is -0.394 e. The molecule has 0 aliphatic carbocycles. The van der Waals surface area contributed by atoms with Crippen molar-refractivity contribution in [3.63, 3.8) is 0 Å². The smallest absolute Gasteiger partial charge is 0.111 e. The third-order valence-electron chi connectivity index (χ3n) is 4.00. The molecule has 3 N–H and O–H groups in total. The van der Waals surface area contributed by atoms with Crippen LogP contribution in [0.2, 0.25) is 0 Å². The van der Waals surface area contributed by atoms with Crippen LogP contribution in [0.25, 0.3) is 0 Å². The van der Waals surface area contributed by atoms with E-state index in [-0.39, 0.29) is 13.2 Å². The Labute approximate surface area is 133 Å². The number of unbranched alkanes of at least 4 members (excludes halogenated alkanes) is 5. The van der Waals surface area contributed by atoms with Gasteiger partial charge in [0, 0.05) is 6.61 Å². The van der Waals surface area contributed by atoms with Gasteiger partial charge in [0.25, 0.3) is 0 Å². The van der Waals surface area contributed by atoms with Crippen LogP contribution in [-0.2, 0) is 9.47 Å². The maximum atomic E-state index is 9.90. The predicted octanol–water partition coefficient (Wildman–Crippen LogP) is 1.79. The first kappa shape index (κ1) is 19.6. The first-order valence-electron chi connectivity index (χ1n) is 8.55. The molecule has 0 bridgehead atoms. The van der Waals surface area contributed by atoms with Gasteiger partial charge in [0.15, 0.2) is 0 Å². The van der Waals surface area contributed by atoms with E-state index in [1.807, 2.05) is 0 Å². The van der Waals surface area contributed by atoms with Crippen molar-refractivity contribution in [1.29, 1.82) is 0 Å². The van der Waals surface area contributed by atoms with E-state index in [9.17, 15) is 10.2 Å². The molecule has 0 unspecified atom stereocenters. The normalized spacial score (nSPS) is 29.3. The van der Waals surface area contributed by atoms with Crippen molar-refractivity contribution in [2.45, 2.75) is 76.3 Å². The Hall–Kier alpha value is -0.460. The molecule has 0 spiro atoms. The van der Waals surface area contributed by atoms with E-state index in [1.54, 1.807) is 0 Å². The molecule has 4 atom stereocenters. The highest BCUT2D eigenvalue weighted by atomic mass is 16.6. The Morgan fingerprint density at radius 3 is 2.45 bits per heavy atom. The SMILES string of the molecule is CCCCCC/C=C/CCCO[C@@H]1CO[C@@H](CO)[C@H](O)[C@H]1O. The summed E-state index contributed by atoms with van der Waals surface area (Å²) in [5, 5.41) is 28.6. The molecule has 130 valence electrons. The lowest BCUT2D eigenvalue weighted by Crippen LogP contribution is -2.55. The van der Waals surface area contributed by atoms with Gasteiger partial charge in [-0.05, 0) is 25.7 Å². The van der Waals surface area contributed by atoms with Crippen LogP contribution in [0.4, 0.5) is 0 Å². The van der Waals surface area contributed by atoms with Crippen molar-refractivity contribution in [3.8, 4) is 0 Å². The molecule has 1 saturated heterocycles. The lowest BCUT2D eigenvalue weighted by atomic mass is 10.0. The van der Waals surface area contributed by atoms with Crippen LogP contribution in [-0.4, -0.2) is 59.6 Å². The molecule has 1 aliphatic heterocycles. The number of rotatable bonds is 11. The lowest BCUT2D eigenvalue weighted by Gasteiger charge is -2.36. The van der Waals surface area contributed by atoms with E-state index in [0.717, 1.165) is 19.3 Å². The van der Waals surface area contributed by atoms with Crippen molar-refractivity contribution in [1.82, 2.24) is 0 Å². The summed E-state index contributed by atoms with van der Waals surface area (Å²) in [6, 6.07) is 0. The maximum absolute atomic E-state index is 9.90. The minimum absolute atomic E-state index is 0.205. The molecule has 5 nitrogen and oxygen atoms in total. The van der Waals surface area contributed by atoms with E-state index in [4.69, 9.17) is 14.6 Å². The number of hydrogen-bond donors (Lipinski definition) is 3. The van der Waals surface area contributed by atoms with Gasteiger partial charge in [0.2, 0.25) is 0 Å². The third-order valence-corrected chi connectivity index (χ3v) is 4.00. The highest BCUT2D eigenvalue weighted by Gasteiger charge is 2.38. The Balaban J connectivity index is 2.04. The highest BCUT2D eigenvalue weighted by Crippen LogP contribution is 2.18. The van der Waals surface area contributed by atoms with Gasteiger partial charge in [-0.15, -0.1) is 0 Å². The Morgan fingerprint density at radius 1 is 1.05 bits per heavy atom. The van der Waals surface area contributed by atoms with E-state index < -0.39 is 24.4 Å². The zero-order valence-electron chi connectivity index (χ0n) is 13.7. The fraction of sp³-hybridized carbons (Fsp3) is 0.882. The van der Waals surface area contributed by atoms with Crippen LogP contribution < -0.4 is 0 Å². The molecule has 0 aromatic rings. The van der Waals surface area contributed by atoms with Crippen molar-refractivity contribution in [3.05, 3.63) is 12.2 Å². The molecule has 1 heterocycles. The van der Waals surface area contributed by atoms with E-state index in [2.05, 4.69) is 19.1 Å². The first-order valence-corrected chi connectivity index (χ1v) is 8.55. The summed E-state index contributed by atoms with van der Waals surface area (Å²) in [7, 11) is 0. The van der Waals surface area contributed by atoms with Gasteiger partial charge in [-0.3, -0.25) is 0 Å². The van der Waals surface area contributed by atoms with Crippen molar-refractivity contribution in [2.24, 2.45) is 0 Å². The van der Waals surface area contributed by atoms with Crippen LogP contribution in [0.3, 0.4) is 0 Å². The second kappa shape index (κ2) is 12.0. The number of allylic oxidation sites excluding steroid dienone is 2. The molecule has 0 amide bonds. The van der Waals surface area contributed by atoms with Gasteiger partial charge in [-0.25, -0.2) is 0 Å². The molecule has 5 heteroatoms. The molecule has 1 rings (SSSR count). The number of aliphatic hydroxyl groups is 3. The maximum Gasteiger partial charge on any atom is 0.111 e. The quantitative estimate of drug-likeness (QED) is 0.400. The minimum atomic E-state index is -1.09. The van der Waals surface area contributed by atoms with Crippen LogP contribution in [0.1, 0.15) is 51.9 Å². The zero-order chi connectivity index (χ0) is 16.2. The zero-order valence-corrected chi connectivity index (χ0v) is 13.7. The van der Waals surface area contributed by atoms with Gasteiger partial charge in [-0.2, -0.15) is 0 Å². The van der Waals surface area contributed by atoms with E-state index in [1.165, 1.54) is 25.7 Å². The number of aliphatic hydroxyl groups excluding tert-OH is 3. The van der Waals surface area contributed by atoms with Gasteiger partial charge in [-0.1, -0.05) is 38.3 Å². The van der Waals surface area contributed by atoms with Crippen LogP contribution in [0.15, 0.2) is 12.2 Å². The summed E-state index contributed by atoms with van der Waals surface area (Å²) >= 11 is 0. The van der Waals surface area contributed by atoms with Gasteiger partial charge >= 0.3 is 0 Å². The van der Waals surface area contributed by atoms with Crippen LogP contribution in [0, 0.1) is 0 Å². The molecule has 0 radical (unpaired) electrons. The van der Waals surface area contributed by atoms with Gasteiger partial charge < -0.3 is 24.8 Å². The number of hydrogen-bond acceptors (Lipinski definition) is 5. The van der Waals surface area contributed by atoms with Crippen molar-refractivity contribution >= 4 is 0 Å². The molecule has 0 aromatic carbocycles. The summed E-state index contributed by atoms with van der Waals surface area (Å²) < 4.78 is 10.8. The first-order chi connectivity index (χ1) is 10.7. The summed E-state index contributed by atoms with van der Waals surface area (Å²) in [6.45, 7) is 2.65. The predicted molar refractivity (Wildman–Crippen MR) is 85.7 cm³/mol. The molecular weight excluding hydrogens is 284 g/mol. The molecule has 1 aliphatic rings. The molecule has 22 heavy (non-hydrogen) atoms. The molecule has 0 aromatic heterocycles. The van der Waals surface area contributed by atoms with Crippen LogP contribution in [0.5, 0.6) is 0 Å². The average Bonchev–Trinajstić information content (AvgIpc) is 2.53. The Kier molecular flexibility index (Phi) is 10.7. The summed E-state index contributed by atoms with van der Waals surface area (Å²) in [5.74, 6) is 0. The average molecular weight is 316 g/mol.